The summed E-state index contributed by atoms with van der Waals surface area (Å²) in [5.74, 6) is -0.00880. The van der Waals surface area contributed by atoms with Gasteiger partial charge in [-0.3, -0.25) is 9.69 Å². The highest BCUT2D eigenvalue weighted by molar-refractivity contribution is 7.16. The summed E-state index contributed by atoms with van der Waals surface area (Å²) in [7, 11) is 0. The maximum atomic E-state index is 11.2. The molecule has 1 fully saturated rings. The third kappa shape index (κ3) is 7.41. The fourth-order valence-electron chi connectivity index (χ4n) is 3.95. The molecular weight excluding hydrogens is 404 g/mol. The number of carbonyl (C=O) groups is 1. The van der Waals surface area contributed by atoms with Crippen molar-refractivity contribution in [3.05, 3.63) is 52.9 Å². The molecule has 1 aromatic heterocycles. The highest BCUT2D eigenvalue weighted by Crippen LogP contribution is 2.37. The summed E-state index contributed by atoms with van der Waals surface area (Å²) >= 11 is 1.68. The van der Waals surface area contributed by atoms with E-state index in [1.165, 1.54) is 29.7 Å². The normalized spacial score (nSPS) is 16.2. The second-order valence-corrected chi connectivity index (χ2v) is 9.01. The maximum Gasteiger partial charge on any atom is 0.221 e. The van der Waals surface area contributed by atoms with Gasteiger partial charge in [-0.2, -0.15) is 0 Å². The van der Waals surface area contributed by atoms with Crippen LogP contribution in [0.4, 0.5) is 5.00 Å². The van der Waals surface area contributed by atoms with Crippen molar-refractivity contribution in [3.63, 3.8) is 0 Å². The number of halogens is 1. The molecule has 1 saturated heterocycles. The molecule has 0 atom stereocenters. The van der Waals surface area contributed by atoms with Gasteiger partial charge in [0.2, 0.25) is 5.91 Å². The molecule has 1 aliphatic heterocycles. The minimum atomic E-state index is -0.00880. The number of thiophene rings is 1. The summed E-state index contributed by atoms with van der Waals surface area (Å²) < 4.78 is 5.90. The lowest BCUT2D eigenvalue weighted by atomic mass is 9.74. The largest absolute Gasteiger partial charge is 0.381 e. The van der Waals surface area contributed by atoms with Crippen LogP contribution in [0.5, 0.6) is 0 Å². The van der Waals surface area contributed by atoms with Gasteiger partial charge < -0.3 is 10.1 Å². The monoisotopic (exact) mass is 436 g/mol. The van der Waals surface area contributed by atoms with Gasteiger partial charge in [0.1, 0.15) is 0 Å². The lowest BCUT2D eigenvalue weighted by Gasteiger charge is -2.42. The number of likely N-dealkylation sites (tertiary alicyclic amines) is 1. The molecule has 29 heavy (non-hydrogen) atoms. The number of nitrogens with one attached hydrogen (secondary N) is 1. The zero-order valence-electron chi connectivity index (χ0n) is 17.5. The van der Waals surface area contributed by atoms with Crippen LogP contribution in [0.15, 0.2) is 42.5 Å². The van der Waals surface area contributed by atoms with E-state index < -0.39 is 0 Å². The van der Waals surface area contributed by atoms with Gasteiger partial charge in [0.15, 0.2) is 0 Å². The molecule has 4 nitrogen and oxygen atoms in total. The standard InChI is InChI=1S/C23H32N2O2S.ClH/c1-3-27-18-23(12-11-20-7-5-4-6-8-20)13-15-25(16-14-23)17-21-9-10-22(28-21)24-19(2)26;/h4-10H,3,11-18H2,1-2H3,(H,24,26);1H. The topological polar surface area (TPSA) is 41.6 Å². The number of aryl methyl sites for hydroxylation is 1. The molecule has 2 heterocycles. The molecule has 1 N–H and O–H groups in total. The fourth-order valence-corrected chi connectivity index (χ4v) is 4.95. The van der Waals surface area contributed by atoms with Crippen LogP contribution in [-0.4, -0.2) is 37.1 Å². The van der Waals surface area contributed by atoms with Crippen molar-refractivity contribution in [2.75, 3.05) is 31.6 Å². The molecule has 1 aliphatic rings. The lowest BCUT2D eigenvalue weighted by Crippen LogP contribution is -2.42. The third-order valence-corrected chi connectivity index (χ3v) is 6.64. The number of ether oxygens (including phenoxy) is 1. The molecule has 0 radical (unpaired) electrons. The van der Waals surface area contributed by atoms with E-state index in [2.05, 4.69) is 53.5 Å². The van der Waals surface area contributed by atoms with Gasteiger partial charge in [0.25, 0.3) is 0 Å². The molecule has 6 heteroatoms. The summed E-state index contributed by atoms with van der Waals surface area (Å²) in [6.07, 6.45) is 4.68. The first-order valence-corrected chi connectivity index (χ1v) is 11.1. The third-order valence-electron chi connectivity index (χ3n) is 5.66. The first-order chi connectivity index (χ1) is 13.6. The molecule has 3 rings (SSSR count). The average molecular weight is 437 g/mol. The molecule has 2 aromatic rings. The van der Waals surface area contributed by atoms with Crippen LogP contribution < -0.4 is 5.32 Å². The molecule has 1 amide bonds. The number of hydrogen-bond acceptors (Lipinski definition) is 4. The van der Waals surface area contributed by atoms with Crippen molar-refractivity contribution < 1.29 is 9.53 Å². The Kier molecular flexibility index (Phi) is 9.63. The number of amides is 1. The smallest absolute Gasteiger partial charge is 0.221 e. The number of piperidine rings is 1. The quantitative estimate of drug-likeness (QED) is 0.573. The van der Waals surface area contributed by atoms with Crippen LogP contribution in [0, 0.1) is 5.41 Å². The SMILES string of the molecule is CCOCC1(CCc2ccccc2)CCN(Cc2ccc(NC(C)=O)s2)CC1.Cl. The van der Waals surface area contributed by atoms with Crippen LogP contribution in [0.3, 0.4) is 0 Å². The number of nitrogens with zero attached hydrogens (tertiary/aromatic N) is 1. The Morgan fingerprint density at radius 1 is 1.17 bits per heavy atom. The van der Waals surface area contributed by atoms with Crippen LogP contribution in [0.2, 0.25) is 0 Å². The number of benzene rings is 1. The van der Waals surface area contributed by atoms with Crippen molar-refractivity contribution in [1.29, 1.82) is 0 Å². The molecule has 0 saturated carbocycles. The predicted octanol–water partition coefficient (Wildman–Crippen LogP) is 5.38. The average Bonchev–Trinajstić information content (AvgIpc) is 3.13. The zero-order chi connectivity index (χ0) is 19.8. The Morgan fingerprint density at radius 2 is 1.90 bits per heavy atom. The summed E-state index contributed by atoms with van der Waals surface area (Å²) in [4.78, 5) is 15.1. The summed E-state index contributed by atoms with van der Waals surface area (Å²) in [6, 6.07) is 14.9. The molecule has 1 aromatic carbocycles. The highest BCUT2D eigenvalue weighted by Gasteiger charge is 2.34. The first-order valence-electron chi connectivity index (χ1n) is 10.3. The lowest BCUT2D eigenvalue weighted by molar-refractivity contribution is -0.114. The highest BCUT2D eigenvalue weighted by atomic mass is 35.5. The van der Waals surface area contributed by atoms with E-state index >= 15 is 0 Å². The molecule has 0 aliphatic carbocycles. The van der Waals surface area contributed by atoms with E-state index in [4.69, 9.17) is 4.74 Å². The first kappa shape index (κ1) is 23.9. The minimum Gasteiger partial charge on any atom is -0.381 e. The van der Waals surface area contributed by atoms with Gasteiger partial charge in [-0.1, -0.05) is 30.3 Å². The molecule has 160 valence electrons. The van der Waals surface area contributed by atoms with Crippen LogP contribution in [-0.2, 0) is 22.5 Å². The van der Waals surface area contributed by atoms with Gasteiger partial charge in [0.05, 0.1) is 11.6 Å². The molecule has 0 bridgehead atoms. The Hall–Kier alpha value is -1.40. The molecular formula is C23H33ClN2O2S. The van der Waals surface area contributed by atoms with Crippen molar-refractivity contribution in [2.24, 2.45) is 5.41 Å². The van der Waals surface area contributed by atoms with E-state index in [9.17, 15) is 4.79 Å². The van der Waals surface area contributed by atoms with Gasteiger partial charge >= 0.3 is 0 Å². The van der Waals surface area contributed by atoms with E-state index in [0.29, 0.717) is 5.41 Å². The molecule has 0 unspecified atom stereocenters. The Balaban J connectivity index is 0.00000300. The van der Waals surface area contributed by atoms with E-state index in [1.807, 2.05) is 6.07 Å². The second-order valence-electron chi connectivity index (χ2n) is 7.85. The Labute approximate surface area is 185 Å². The van der Waals surface area contributed by atoms with Gasteiger partial charge in [-0.25, -0.2) is 0 Å². The van der Waals surface area contributed by atoms with Crippen molar-refractivity contribution in [2.45, 2.75) is 46.1 Å². The van der Waals surface area contributed by atoms with Crippen molar-refractivity contribution in [1.82, 2.24) is 4.90 Å². The summed E-state index contributed by atoms with van der Waals surface area (Å²) in [6.45, 7) is 8.48. The van der Waals surface area contributed by atoms with Gasteiger partial charge in [0, 0.05) is 25.0 Å². The fraction of sp³-hybridized carbons (Fsp3) is 0.522. The number of rotatable bonds is 9. The second kappa shape index (κ2) is 11.7. The van der Waals surface area contributed by atoms with E-state index in [-0.39, 0.29) is 18.3 Å². The Bertz CT molecular complexity index is 742. The summed E-state index contributed by atoms with van der Waals surface area (Å²) in [5.41, 5.74) is 1.71. The zero-order valence-corrected chi connectivity index (χ0v) is 19.1. The van der Waals surface area contributed by atoms with Crippen LogP contribution in [0.1, 0.15) is 43.6 Å². The number of anilines is 1. The minimum absolute atomic E-state index is 0. The van der Waals surface area contributed by atoms with E-state index in [0.717, 1.165) is 44.3 Å². The van der Waals surface area contributed by atoms with Crippen LogP contribution >= 0.6 is 23.7 Å². The maximum absolute atomic E-state index is 11.2. The number of hydrogen-bond donors (Lipinski definition) is 1. The predicted molar refractivity (Wildman–Crippen MR) is 124 cm³/mol. The Morgan fingerprint density at radius 3 is 2.55 bits per heavy atom. The van der Waals surface area contributed by atoms with Crippen molar-refractivity contribution >= 4 is 34.7 Å². The van der Waals surface area contributed by atoms with Crippen LogP contribution in [0.25, 0.3) is 0 Å². The van der Waals surface area contributed by atoms with E-state index in [1.54, 1.807) is 18.3 Å². The van der Waals surface area contributed by atoms with Crippen molar-refractivity contribution in [3.8, 4) is 0 Å². The number of carbonyl (C=O) groups excluding carboxylic acids is 1. The van der Waals surface area contributed by atoms with Gasteiger partial charge in [-0.05, 0) is 68.8 Å². The molecule has 0 spiro atoms. The summed E-state index contributed by atoms with van der Waals surface area (Å²) in [5, 5.41) is 3.81. The van der Waals surface area contributed by atoms with Gasteiger partial charge in [-0.15, -0.1) is 23.7 Å².